The van der Waals surface area contributed by atoms with Crippen LogP contribution in [0.1, 0.15) is 39.9 Å². The highest BCUT2D eigenvalue weighted by Crippen LogP contribution is 2.29. The molecule has 0 aliphatic heterocycles. The fourth-order valence-corrected chi connectivity index (χ4v) is 3.52. The lowest BCUT2D eigenvalue weighted by molar-refractivity contribution is 0.0950. The molecule has 0 saturated heterocycles. The maximum absolute atomic E-state index is 12.5. The van der Waals surface area contributed by atoms with Crippen molar-refractivity contribution in [2.24, 2.45) is 0 Å². The Morgan fingerprint density at radius 3 is 2.67 bits per heavy atom. The van der Waals surface area contributed by atoms with Gasteiger partial charge in [-0.2, -0.15) is 0 Å². The predicted molar refractivity (Wildman–Crippen MR) is 102 cm³/mol. The molecule has 0 aromatic carbocycles. The predicted octanol–water partition coefficient (Wildman–Crippen LogP) is 2.64. The Morgan fingerprint density at radius 1 is 1.07 bits per heavy atom. The van der Waals surface area contributed by atoms with Crippen molar-refractivity contribution in [2.45, 2.75) is 32.2 Å². The van der Waals surface area contributed by atoms with Crippen LogP contribution in [-0.2, 0) is 19.4 Å². The third kappa shape index (κ3) is 3.65. The van der Waals surface area contributed by atoms with Crippen LogP contribution >= 0.6 is 0 Å². The lowest BCUT2D eigenvalue weighted by Crippen LogP contribution is -2.23. The van der Waals surface area contributed by atoms with Gasteiger partial charge in [0, 0.05) is 54.2 Å². The van der Waals surface area contributed by atoms with Crippen molar-refractivity contribution in [2.75, 3.05) is 0 Å². The highest BCUT2D eigenvalue weighted by atomic mass is 16.1. The number of hydrogen-bond donors (Lipinski definition) is 2. The number of aromatic nitrogens is 3. The van der Waals surface area contributed by atoms with Gasteiger partial charge in [0.15, 0.2) is 0 Å². The average Bonchev–Trinajstić information content (AvgIpc) is 2.73. The molecule has 0 fully saturated rings. The molecule has 6 heteroatoms. The minimum atomic E-state index is -0.181. The highest BCUT2D eigenvalue weighted by Gasteiger charge is 2.18. The van der Waals surface area contributed by atoms with Crippen LogP contribution in [-0.4, -0.2) is 20.9 Å². The Labute approximate surface area is 156 Å². The molecule has 1 aliphatic rings. The molecule has 0 atom stereocenters. The Hall–Kier alpha value is -3.28. The van der Waals surface area contributed by atoms with Gasteiger partial charge in [0.2, 0.25) is 0 Å². The molecule has 1 aliphatic carbocycles. The summed E-state index contributed by atoms with van der Waals surface area (Å²) in [5, 5.41) is 2.90. The zero-order chi connectivity index (χ0) is 18.6. The maximum atomic E-state index is 12.5. The number of nitrogens with zero attached hydrogens (tertiary/aromatic N) is 2. The van der Waals surface area contributed by atoms with Crippen LogP contribution in [0.4, 0.5) is 0 Å². The summed E-state index contributed by atoms with van der Waals surface area (Å²) in [6, 6.07) is 5.56. The Balaban J connectivity index is 1.60. The zero-order valence-electron chi connectivity index (χ0n) is 14.9. The summed E-state index contributed by atoms with van der Waals surface area (Å²) in [6.07, 6.45) is 12.2. The summed E-state index contributed by atoms with van der Waals surface area (Å²) >= 11 is 0. The van der Waals surface area contributed by atoms with Crippen LogP contribution in [0.5, 0.6) is 0 Å². The number of fused-ring (bicyclic) bond motifs is 1. The number of carbonyl (C=O) groups is 1. The molecule has 0 radical (unpaired) electrons. The molecule has 4 rings (SSSR count). The van der Waals surface area contributed by atoms with Crippen LogP contribution in [0.3, 0.4) is 0 Å². The molecular formula is C21H20N4O2. The SMILES string of the molecule is O=C(NCc1ccncc1)c1cncc(-c2c[nH]c(=O)c3c2CCCC3)c1. The van der Waals surface area contributed by atoms with Crippen molar-refractivity contribution in [1.82, 2.24) is 20.3 Å². The quantitative estimate of drug-likeness (QED) is 0.749. The van der Waals surface area contributed by atoms with Crippen molar-refractivity contribution in [3.63, 3.8) is 0 Å². The molecule has 1 amide bonds. The molecule has 2 N–H and O–H groups in total. The van der Waals surface area contributed by atoms with E-state index in [1.165, 1.54) is 0 Å². The normalized spacial score (nSPS) is 13.0. The topological polar surface area (TPSA) is 87.7 Å². The van der Waals surface area contributed by atoms with Crippen molar-refractivity contribution >= 4 is 5.91 Å². The molecule has 0 unspecified atom stereocenters. The monoisotopic (exact) mass is 360 g/mol. The third-order valence-electron chi connectivity index (χ3n) is 4.93. The summed E-state index contributed by atoms with van der Waals surface area (Å²) in [7, 11) is 0. The first-order chi connectivity index (χ1) is 13.2. The standard InChI is InChI=1S/C21H20N4O2/c26-20(24-10-14-5-7-22-8-6-14)16-9-15(11-23-12-16)19-13-25-21(27)18-4-2-1-3-17(18)19/h5-9,11-13H,1-4,10H2,(H,24,26)(H,25,27). The van der Waals surface area contributed by atoms with E-state index in [0.717, 1.165) is 53.5 Å². The second-order valence-corrected chi connectivity index (χ2v) is 6.70. The Morgan fingerprint density at radius 2 is 1.85 bits per heavy atom. The smallest absolute Gasteiger partial charge is 0.253 e. The molecule has 0 saturated carbocycles. The largest absolute Gasteiger partial charge is 0.348 e. The van der Waals surface area contributed by atoms with E-state index < -0.39 is 0 Å². The molecule has 27 heavy (non-hydrogen) atoms. The van der Waals surface area contributed by atoms with Crippen LogP contribution in [0.15, 0.2) is 54.0 Å². The molecule has 136 valence electrons. The number of pyridine rings is 3. The van der Waals surface area contributed by atoms with Gasteiger partial charge in [0.05, 0.1) is 5.56 Å². The zero-order valence-corrected chi connectivity index (χ0v) is 14.9. The molecule has 3 aromatic rings. The molecular weight excluding hydrogens is 340 g/mol. The fraction of sp³-hybridized carbons (Fsp3) is 0.238. The number of rotatable bonds is 4. The summed E-state index contributed by atoms with van der Waals surface area (Å²) < 4.78 is 0. The van der Waals surface area contributed by atoms with Crippen molar-refractivity contribution in [3.05, 3.63) is 81.8 Å². The lowest BCUT2D eigenvalue weighted by atomic mass is 9.88. The van der Waals surface area contributed by atoms with E-state index in [2.05, 4.69) is 20.3 Å². The van der Waals surface area contributed by atoms with Crippen LogP contribution in [0, 0.1) is 0 Å². The Kier molecular flexibility index (Phi) is 4.78. The van der Waals surface area contributed by atoms with Crippen LogP contribution in [0.2, 0.25) is 0 Å². The van der Waals surface area contributed by atoms with Crippen LogP contribution < -0.4 is 10.9 Å². The molecule has 0 bridgehead atoms. The number of aromatic amines is 1. The maximum Gasteiger partial charge on any atom is 0.253 e. The van der Waals surface area contributed by atoms with E-state index in [-0.39, 0.29) is 11.5 Å². The number of H-pyrrole nitrogens is 1. The van der Waals surface area contributed by atoms with Crippen molar-refractivity contribution < 1.29 is 4.79 Å². The number of nitrogens with one attached hydrogen (secondary N) is 2. The van der Waals surface area contributed by atoms with Gasteiger partial charge in [0.1, 0.15) is 0 Å². The third-order valence-corrected chi connectivity index (χ3v) is 4.93. The van der Waals surface area contributed by atoms with Gasteiger partial charge < -0.3 is 10.3 Å². The number of amides is 1. The van der Waals surface area contributed by atoms with Gasteiger partial charge in [-0.05, 0) is 55.0 Å². The summed E-state index contributed by atoms with van der Waals surface area (Å²) in [5.74, 6) is -0.181. The molecule has 3 heterocycles. The van der Waals surface area contributed by atoms with Crippen LogP contribution in [0.25, 0.3) is 11.1 Å². The number of carbonyl (C=O) groups excluding carboxylic acids is 1. The molecule has 6 nitrogen and oxygen atoms in total. The second-order valence-electron chi connectivity index (χ2n) is 6.70. The number of hydrogen-bond acceptors (Lipinski definition) is 4. The van der Waals surface area contributed by atoms with E-state index in [9.17, 15) is 9.59 Å². The fourth-order valence-electron chi connectivity index (χ4n) is 3.52. The van der Waals surface area contributed by atoms with E-state index >= 15 is 0 Å². The van der Waals surface area contributed by atoms with Gasteiger partial charge in [-0.15, -0.1) is 0 Å². The summed E-state index contributed by atoms with van der Waals surface area (Å²) in [6.45, 7) is 0.430. The van der Waals surface area contributed by atoms with E-state index in [0.29, 0.717) is 12.1 Å². The van der Waals surface area contributed by atoms with Gasteiger partial charge in [0.25, 0.3) is 11.5 Å². The highest BCUT2D eigenvalue weighted by molar-refractivity contribution is 5.95. The van der Waals surface area contributed by atoms with E-state index in [4.69, 9.17) is 0 Å². The van der Waals surface area contributed by atoms with E-state index in [1.54, 1.807) is 31.0 Å². The van der Waals surface area contributed by atoms with Gasteiger partial charge in [-0.1, -0.05) is 0 Å². The van der Waals surface area contributed by atoms with Gasteiger partial charge >= 0.3 is 0 Å². The molecule has 0 spiro atoms. The van der Waals surface area contributed by atoms with Crippen molar-refractivity contribution in [1.29, 1.82) is 0 Å². The summed E-state index contributed by atoms with van der Waals surface area (Å²) in [4.78, 5) is 35.7. The van der Waals surface area contributed by atoms with Gasteiger partial charge in [-0.25, -0.2) is 0 Å². The Bertz CT molecular complexity index is 1030. The summed E-state index contributed by atoms with van der Waals surface area (Å²) in [5.41, 5.74) is 5.23. The lowest BCUT2D eigenvalue weighted by Gasteiger charge is -2.18. The van der Waals surface area contributed by atoms with Gasteiger partial charge in [-0.3, -0.25) is 19.6 Å². The second kappa shape index (κ2) is 7.53. The average molecular weight is 360 g/mol. The minimum absolute atomic E-state index is 0.00680. The first-order valence-electron chi connectivity index (χ1n) is 9.08. The minimum Gasteiger partial charge on any atom is -0.348 e. The first kappa shape index (κ1) is 17.1. The molecule has 3 aromatic heterocycles. The van der Waals surface area contributed by atoms with E-state index in [1.807, 2.05) is 18.2 Å². The first-order valence-corrected chi connectivity index (χ1v) is 9.08. The van der Waals surface area contributed by atoms with Crippen molar-refractivity contribution in [3.8, 4) is 11.1 Å².